The summed E-state index contributed by atoms with van der Waals surface area (Å²) in [5, 5.41) is 0. The Balaban J connectivity index is 2.92. The Morgan fingerprint density at radius 3 is 2.56 bits per heavy atom. The van der Waals surface area contributed by atoms with Gasteiger partial charge in [-0.3, -0.25) is 4.79 Å². The minimum absolute atomic E-state index is 0.112. The van der Waals surface area contributed by atoms with Gasteiger partial charge < -0.3 is 0 Å². The zero-order chi connectivity index (χ0) is 12.3. The molecule has 86 valence electrons. The van der Waals surface area contributed by atoms with Crippen LogP contribution in [0.4, 0.5) is 8.78 Å². The zero-order valence-electron chi connectivity index (χ0n) is 8.82. The zero-order valence-corrected chi connectivity index (χ0v) is 10.4. The highest BCUT2D eigenvalue weighted by molar-refractivity contribution is 9.10. The van der Waals surface area contributed by atoms with Crippen molar-refractivity contribution in [3.63, 3.8) is 0 Å². The highest BCUT2D eigenvalue weighted by atomic mass is 79.9. The van der Waals surface area contributed by atoms with E-state index in [1.54, 1.807) is 0 Å². The molecule has 0 saturated heterocycles. The van der Waals surface area contributed by atoms with Crippen molar-refractivity contribution in [3.8, 4) is 0 Å². The average molecular weight is 289 g/mol. The second-order valence-electron chi connectivity index (χ2n) is 3.60. The molecule has 0 amide bonds. The van der Waals surface area contributed by atoms with Crippen molar-refractivity contribution in [2.24, 2.45) is 0 Å². The molecule has 0 aliphatic carbocycles. The smallest absolute Gasteiger partial charge is 0.173 e. The van der Waals surface area contributed by atoms with Crippen LogP contribution in [-0.4, -0.2) is 5.78 Å². The number of carbonyl (C=O) groups is 1. The van der Waals surface area contributed by atoms with Gasteiger partial charge in [-0.2, -0.15) is 0 Å². The first-order chi connectivity index (χ1) is 7.43. The number of allylic oxidation sites excluding steroid dienone is 1. The Morgan fingerprint density at radius 2 is 2.00 bits per heavy atom. The van der Waals surface area contributed by atoms with Crippen LogP contribution in [0.5, 0.6) is 0 Å². The topological polar surface area (TPSA) is 17.1 Å². The van der Waals surface area contributed by atoms with E-state index in [-0.39, 0.29) is 22.2 Å². The van der Waals surface area contributed by atoms with Crippen LogP contribution in [0.3, 0.4) is 0 Å². The van der Waals surface area contributed by atoms with Crippen molar-refractivity contribution in [2.75, 3.05) is 0 Å². The number of benzene rings is 1. The molecule has 0 saturated carbocycles. The first-order valence-corrected chi connectivity index (χ1v) is 5.54. The Labute approximate surface area is 101 Å². The quantitative estimate of drug-likeness (QED) is 0.459. The maximum Gasteiger partial charge on any atom is 0.173 e. The van der Waals surface area contributed by atoms with Crippen LogP contribution in [0.2, 0.25) is 0 Å². The van der Waals surface area contributed by atoms with Gasteiger partial charge in [0.1, 0.15) is 0 Å². The van der Waals surface area contributed by atoms with E-state index in [0.717, 1.165) is 11.6 Å². The fraction of sp³-hybridized carbons (Fsp3) is 0.250. The predicted molar refractivity (Wildman–Crippen MR) is 62.4 cm³/mol. The maximum atomic E-state index is 13.2. The molecule has 1 aromatic rings. The second-order valence-corrected chi connectivity index (χ2v) is 4.40. The van der Waals surface area contributed by atoms with Crippen molar-refractivity contribution in [1.29, 1.82) is 0 Å². The fourth-order valence-corrected chi connectivity index (χ4v) is 1.75. The van der Waals surface area contributed by atoms with E-state index in [9.17, 15) is 13.6 Å². The van der Waals surface area contributed by atoms with Gasteiger partial charge in [0, 0.05) is 12.0 Å². The molecule has 0 N–H and O–H groups in total. The minimum atomic E-state index is -1.03. The van der Waals surface area contributed by atoms with E-state index in [2.05, 4.69) is 22.5 Å². The van der Waals surface area contributed by atoms with E-state index >= 15 is 0 Å². The molecule has 16 heavy (non-hydrogen) atoms. The molecule has 0 heterocycles. The van der Waals surface area contributed by atoms with Crippen LogP contribution in [0.25, 0.3) is 0 Å². The third kappa shape index (κ3) is 2.98. The van der Waals surface area contributed by atoms with Gasteiger partial charge in [-0.25, -0.2) is 8.78 Å². The lowest BCUT2D eigenvalue weighted by Gasteiger charge is -2.05. The third-order valence-electron chi connectivity index (χ3n) is 2.11. The summed E-state index contributed by atoms with van der Waals surface area (Å²) < 4.78 is 25.9. The van der Waals surface area contributed by atoms with E-state index in [4.69, 9.17) is 0 Å². The molecule has 4 heteroatoms. The molecular formula is C12H11BrF2O. The van der Waals surface area contributed by atoms with Crippen molar-refractivity contribution in [1.82, 2.24) is 0 Å². The van der Waals surface area contributed by atoms with Crippen molar-refractivity contribution >= 4 is 21.7 Å². The lowest BCUT2D eigenvalue weighted by Crippen LogP contribution is -2.03. The molecule has 1 rings (SSSR count). The van der Waals surface area contributed by atoms with Crippen LogP contribution in [-0.2, 0) is 0 Å². The normalized spacial score (nSPS) is 10.2. The highest BCUT2D eigenvalue weighted by Crippen LogP contribution is 2.24. The Morgan fingerprint density at radius 1 is 1.38 bits per heavy atom. The number of Topliss-reactive ketones (excluding diaryl/α,β-unsaturated/α-hetero) is 1. The van der Waals surface area contributed by atoms with Crippen molar-refractivity contribution in [3.05, 3.63) is 46.0 Å². The van der Waals surface area contributed by atoms with Crippen LogP contribution < -0.4 is 0 Å². The molecule has 0 aromatic heterocycles. The van der Waals surface area contributed by atoms with E-state index in [0.29, 0.717) is 6.42 Å². The van der Waals surface area contributed by atoms with Gasteiger partial charge in [-0.15, -0.1) is 6.58 Å². The van der Waals surface area contributed by atoms with Gasteiger partial charge in [-0.05, 0) is 41.4 Å². The van der Waals surface area contributed by atoms with E-state index in [1.807, 2.05) is 6.92 Å². The van der Waals surface area contributed by atoms with Crippen molar-refractivity contribution < 1.29 is 13.6 Å². The van der Waals surface area contributed by atoms with Gasteiger partial charge in [0.2, 0.25) is 0 Å². The Kier molecular flexibility index (Phi) is 4.35. The Bertz CT molecular complexity index is 441. The molecular weight excluding hydrogens is 278 g/mol. The average Bonchev–Trinajstić information content (AvgIpc) is 2.23. The number of carbonyl (C=O) groups excluding carboxylic acids is 1. The molecule has 0 spiro atoms. The SMILES string of the molecule is C=C(C)CCC(=O)c1ccc(F)c(F)c1Br. The van der Waals surface area contributed by atoms with Crippen LogP contribution in [0.1, 0.15) is 30.1 Å². The largest absolute Gasteiger partial charge is 0.294 e. The number of halogens is 3. The number of rotatable bonds is 4. The molecule has 1 aromatic carbocycles. The highest BCUT2D eigenvalue weighted by Gasteiger charge is 2.16. The summed E-state index contributed by atoms with van der Waals surface area (Å²) in [5.41, 5.74) is 1.05. The summed E-state index contributed by atoms with van der Waals surface area (Å²) >= 11 is 2.88. The minimum Gasteiger partial charge on any atom is -0.294 e. The molecule has 0 aliphatic rings. The number of hydrogen-bond acceptors (Lipinski definition) is 1. The standard InChI is InChI=1S/C12H11BrF2O/c1-7(2)3-6-10(16)8-4-5-9(14)12(15)11(8)13/h4-5H,1,3,6H2,2H3. The lowest BCUT2D eigenvalue weighted by molar-refractivity contribution is 0.0981. The van der Waals surface area contributed by atoms with Gasteiger partial charge in [0.05, 0.1) is 4.47 Å². The third-order valence-corrected chi connectivity index (χ3v) is 2.89. The van der Waals surface area contributed by atoms with Crippen molar-refractivity contribution in [2.45, 2.75) is 19.8 Å². The van der Waals surface area contributed by atoms with Crippen LogP contribution in [0.15, 0.2) is 28.8 Å². The van der Waals surface area contributed by atoms with Gasteiger partial charge in [0.15, 0.2) is 17.4 Å². The molecule has 0 fully saturated rings. The van der Waals surface area contributed by atoms with Gasteiger partial charge in [0.25, 0.3) is 0 Å². The maximum absolute atomic E-state index is 13.2. The second kappa shape index (κ2) is 5.34. The molecule has 0 radical (unpaired) electrons. The summed E-state index contributed by atoms with van der Waals surface area (Å²) in [7, 11) is 0. The molecule has 1 nitrogen and oxygen atoms in total. The number of ketones is 1. The van der Waals surface area contributed by atoms with E-state index in [1.165, 1.54) is 6.07 Å². The summed E-state index contributed by atoms with van der Waals surface area (Å²) in [6, 6.07) is 2.23. The first-order valence-electron chi connectivity index (χ1n) is 4.74. The molecule has 0 atom stereocenters. The first kappa shape index (κ1) is 13.0. The fourth-order valence-electron chi connectivity index (χ4n) is 1.20. The monoisotopic (exact) mass is 288 g/mol. The van der Waals surface area contributed by atoms with Gasteiger partial charge in [-0.1, -0.05) is 5.57 Å². The summed E-state index contributed by atoms with van der Waals surface area (Å²) in [6.45, 7) is 5.49. The van der Waals surface area contributed by atoms with Gasteiger partial charge >= 0.3 is 0 Å². The number of hydrogen-bond donors (Lipinski definition) is 0. The summed E-state index contributed by atoms with van der Waals surface area (Å²) in [6.07, 6.45) is 0.795. The van der Waals surface area contributed by atoms with Crippen LogP contribution >= 0.6 is 15.9 Å². The Hall–Kier alpha value is -1.03. The molecule has 0 unspecified atom stereocenters. The lowest BCUT2D eigenvalue weighted by atomic mass is 10.0. The van der Waals surface area contributed by atoms with Crippen LogP contribution in [0, 0.1) is 11.6 Å². The van der Waals surface area contributed by atoms with E-state index < -0.39 is 11.6 Å². The predicted octanol–water partition coefficient (Wildman–Crippen LogP) is 4.27. The molecule has 0 aliphatic heterocycles. The summed E-state index contributed by atoms with van der Waals surface area (Å²) in [5.74, 6) is -2.22. The molecule has 0 bridgehead atoms. The summed E-state index contributed by atoms with van der Waals surface area (Å²) in [4.78, 5) is 11.7.